The van der Waals surface area contributed by atoms with E-state index in [1.165, 1.54) is 0 Å². The van der Waals surface area contributed by atoms with Gasteiger partial charge in [0, 0.05) is 27.7 Å². The molecule has 1 unspecified atom stereocenters. The van der Waals surface area contributed by atoms with E-state index in [9.17, 15) is 4.79 Å². The van der Waals surface area contributed by atoms with E-state index < -0.39 is 0 Å². The van der Waals surface area contributed by atoms with Crippen molar-refractivity contribution in [2.24, 2.45) is 0 Å². The van der Waals surface area contributed by atoms with E-state index in [0.717, 1.165) is 21.5 Å². The molecule has 2 heterocycles. The smallest absolute Gasteiger partial charge is 0.272 e. The van der Waals surface area contributed by atoms with Crippen LogP contribution in [0.3, 0.4) is 0 Å². The Morgan fingerprint density at radius 1 is 1.27 bits per heavy atom. The molecule has 1 aromatic heterocycles. The minimum Gasteiger partial charge on any atom is -0.493 e. The topological polar surface area (TPSA) is 56.1 Å². The maximum absolute atomic E-state index is 12.7. The van der Waals surface area contributed by atoms with E-state index in [1.807, 2.05) is 30.3 Å². The van der Waals surface area contributed by atoms with Gasteiger partial charge in [0.25, 0.3) is 5.91 Å². The molecule has 1 N–H and O–H groups in total. The molecule has 1 aliphatic rings. The summed E-state index contributed by atoms with van der Waals surface area (Å²) in [4.78, 5) is 12.7. The van der Waals surface area contributed by atoms with Crippen molar-refractivity contribution in [1.82, 2.24) is 15.1 Å². The lowest BCUT2D eigenvalue weighted by Gasteiger charge is -2.26. The van der Waals surface area contributed by atoms with Crippen LogP contribution in [0.2, 0.25) is 5.02 Å². The monoisotopic (exact) mass is 431 g/mol. The summed E-state index contributed by atoms with van der Waals surface area (Å²) in [5, 5.41) is 8.04. The zero-order valence-electron chi connectivity index (χ0n) is 13.7. The van der Waals surface area contributed by atoms with Crippen LogP contribution >= 0.6 is 27.5 Å². The second-order valence-corrected chi connectivity index (χ2v) is 7.32. The zero-order chi connectivity index (χ0) is 18.1. The zero-order valence-corrected chi connectivity index (χ0v) is 16.0. The molecule has 0 aliphatic carbocycles. The Bertz CT molecular complexity index is 973. The van der Waals surface area contributed by atoms with E-state index >= 15 is 0 Å². The molecule has 4 rings (SSSR count). The van der Waals surface area contributed by atoms with Gasteiger partial charge in [0.1, 0.15) is 5.75 Å². The Balaban J connectivity index is 1.54. The lowest BCUT2D eigenvalue weighted by Crippen LogP contribution is -2.32. The molecule has 1 amide bonds. The van der Waals surface area contributed by atoms with Gasteiger partial charge >= 0.3 is 0 Å². The second-order valence-electron chi connectivity index (χ2n) is 5.97. The number of aromatic nitrogens is 2. The lowest BCUT2D eigenvalue weighted by molar-refractivity contribution is 0.0919. The maximum atomic E-state index is 12.7. The Kier molecular flexibility index (Phi) is 4.70. The van der Waals surface area contributed by atoms with Gasteiger partial charge in [0.05, 0.1) is 18.3 Å². The lowest BCUT2D eigenvalue weighted by atomic mass is 10.0. The summed E-state index contributed by atoms with van der Waals surface area (Å²) in [5.41, 5.74) is 2.12. The van der Waals surface area contributed by atoms with E-state index in [4.69, 9.17) is 16.3 Å². The number of fused-ring (bicyclic) bond motifs is 1. The molecular weight excluding hydrogens is 418 g/mol. The molecule has 2 aromatic carbocycles. The van der Waals surface area contributed by atoms with Crippen molar-refractivity contribution in [3.05, 3.63) is 75.5 Å². The van der Waals surface area contributed by atoms with E-state index in [1.54, 1.807) is 29.1 Å². The molecule has 0 spiro atoms. The van der Waals surface area contributed by atoms with Crippen LogP contribution in [0.1, 0.15) is 28.5 Å². The Morgan fingerprint density at radius 3 is 3.00 bits per heavy atom. The van der Waals surface area contributed by atoms with Crippen LogP contribution in [0.15, 0.2) is 59.2 Å². The largest absolute Gasteiger partial charge is 0.493 e. The predicted molar refractivity (Wildman–Crippen MR) is 103 cm³/mol. The van der Waals surface area contributed by atoms with Crippen LogP contribution in [0.5, 0.6) is 5.75 Å². The predicted octanol–water partition coefficient (Wildman–Crippen LogP) is 4.54. The van der Waals surface area contributed by atoms with Gasteiger partial charge in [-0.25, -0.2) is 4.68 Å². The fourth-order valence-corrected chi connectivity index (χ4v) is 3.52. The number of hydrogen-bond acceptors (Lipinski definition) is 3. The highest BCUT2D eigenvalue weighted by Gasteiger charge is 2.24. The summed E-state index contributed by atoms with van der Waals surface area (Å²) in [6.45, 7) is 0.566. The standard InChI is InChI=1S/C19H15BrClN3O2/c20-12-4-5-18-15(10-12)16(7-9-26-18)22-19(25)17-6-8-24(23-17)14-3-1-2-13(21)11-14/h1-6,8,10-11,16H,7,9H2,(H,22,25). The van der Waals surface area contributed by atoms with Crippen LogP contribution in [0.4, 0.5) is 0 Å². The molecule has 0 saturated heterocycles. The number of rotatable bonds is 3. The Morgan fingerprint density at radius 2 is 2.15 bits per heavy atom. The van der Waals surface area contributed by atoms with Crippen molar-refractivity contribution in [2.75, 3.05) is 6.61 Å². The van der Waals surface area contributed by atoms with Gasteiger partial charge in [0.2, 0.25) is 0 Å². The Hall–Kier alpha value is -2.31. The van der Waals surface area contributed by atoms with Crippen LogP contribution in [0, 0.1) is 0 Å². The number of amides is 1. The number of nitrogens with one attached hydrogen (secondary N) is 1. The highest BCUT2D eigenvalue weighted by atomic mass is 79.9. The highest BCUT2D eigenvalue weighted by Crippen LogP contribution is 2.34. The first-order valence-corrected chi connectivity index (χ1v) is 9.32. The van der Waals surface area contributed by atoms with Gasteiger partial charge in [-0.3, -0.25) is 4.79 Å². The SMILES string of the molecule is O=C(NC1CCOc2ccc(Br)cc21)c1ccn(-c2cccc(Cl)c2)n1. The fraction of sp³-hybridized carbons (Fsp3) is 0.158. The molecule has 132 valence electrons. The van der Waals surface area contributed by atoms with Crippen LogP contribution < -0.4 is 10.1 Å². The average molecular weight is 433 g/mol. The van der Waals surface area contributed by atoms with Crippen molar-refractivity contribution in [3.63, 3.8) is 0 Å². The third-order valence-electron chi connectivity index (χ3n) is 4.21. The fourth-order valence-electron chi connectivity index (χ4n) is 2.95. The summed E-state index contributed by atoms with van der Waals surface area (Å²) in [6.07, 6.45) is 2.46. The summed E-state index contributed by atoms with van der Waals surface area (Å²) in [5.74, 6) is 0.581. The maximum Gasteiger partial charge on any atom is 0.272 e. The average Bonchev–Trinajstić information content (AvgIpc) is 3.12. The van der Waals surface area contributed by atoms with Crippen molar-refractivity contribution in [3.8, 4) is 11.4 Å². The molecule has 7 heteroatoms. The van der Waals surface area contributed by atoms with Gasteiger partial charge in [-0.15, -0.1) is 0 Å². The Labute approximate surface area is 164 Å². The van der Waals surface area contributed by atoms with Crippen molar-refractivity contribution < 1.29 is 9.53 Å². The summed E-state index contributed by atoms with van der Waals surface area (Å²) in [6, 6.07) is 14.7. The molecule has 5 nitrogen and oxygen atoms in total. The first kappa shape index (κ1) is 17.1. The van der Waals surface area contributed by atoms with Gasteiger partial charge in [-0.2, -0.15) is 5.10 Å². The van der Waals surface area contributed by atoms with Crippen molar-refractivity contribution in [2.45, 2.75) is 12.5 Å². The molecule has 0 bridgehead atoms. The van der Waals surface area contributed by atoms with Gasteiger partial charge < -0.3 is 10.1 Å². The number of halogens is 2. The summed E-state index contributed by atoms with van der Waals surface area (Å²) < 4.78 is 8.25. The molecule has 0 saturated carbocycles. The molecule has 26 heavy (non-hydrogen) atoms. The summed E-state index contributed by atoms with van der Waals surface area (Å²) >= 11 is 9.49. The normalized spacial score (nSPS) is 15.8. The van der Waals surface area contributed by atoms with E-state index in [2.05, 4.69) is 26.3 Å². The molecule has 1 aliphatic heterocycles. The quantitative estimate of drug-likeness (QED) is 0.661. The van der Waals surface area contributed by atoms with Crippen LogP contribution in [0.25, 0.3) is 5.69 Å². The molecule has 0 radical (unpaired) electrons. The molecule has 3 aromatic rings. The van der Waals surface area contributed by atoms with Crippen molar-refractivity contribution >= 4 is 33.4 Å². The van der Waals surface area contributed by atoms with E-state index in [-0.39, 0.29) is 11.9 Å². The number of carbonyl (C=O) groups excluding carboxylic acids is 1. The number of nitrogens with zero attached hydrogens (tertiary/aromatic N) is 2. The molecule has 0 fully saturated rings. The van der Waals surface area contributed by atoms with Gasteiger partial charge in [-0.05, 0) is 42.5 Å². The summed E-state index contributed by atoms with van der Waals surface area (Å²) in [7, 11) is 0. The number of carbonyl (C=O) groups is 1. The third kappa shape index (κ3) is 3.48. The number of benzene rings is 2. The molecule has 1 atom stereocenters. The van der Waals surface area contributed by atoms with Gasteiger partial charge in [0.15, 0.2) is 5.69 Å². The third-order valence-corrected chi connectivity index (χ3v) is 4.94. The first-order chi connectivity index (χ1) is 12.6. The number of hydrogen-bond donors (Lipinski definition) is 1. The molecular formula is C19H15BrClN3O2. The highest BCUT2D eigenvalue weighted by molar-refractivity contribution is 9.10. The van der Waals surface area contributed by atoms with E-state index in [0.29, 0.717) is 23.7 Å². The first-order valence-electron chi connectivity index (χ1n) is 8.15. The van der Waals surface area contributed by atoms with Gasteiger partial charge in [-0.1, -0.05) is 33.6 Å². The van der Waals surface area contributed by atoms with Crippen LogP contribution in [-0.2, 0) is 0 Å². The minimum absolute atomic E-state index is 0.111. The second kappa shape index (κ2) is 7.13. The van der Waals surface area contributed by atoms with Crippen molar-refractivity contribution in [1.29, 1.82) is 0 Å². The number of ether oxygens (including phenoxy) is 1. The minimum atomic E-state index is -0.219. The van der Waals surface area contributed by atoms with Crippen LogP contribution in [-0.4, -0.2) is 22.3 Å².